The van der Waals surface area contributed by atoms with Gasteiger partial charge in [0, 0.05) is 24.1 Å². The molecule has 0 saturated carbocycles. The molecule has 2 heterocycles. The normalized spacial score (nSPS) is 21.1. The van der Waals surface area contributed by atoms with E-state index < -0.39 is 0 Å². The van der Waals surface area contributed by atoms with Gasteiger partial charge in [0.25, 0.3) is 0 Å². The Morgan fingerprint density at radius 3 is 2.61 bits per heavy atom. The molecular weight excluding hydrogens is 224 g/mol. The molecule has 0 amide bonds. The van der Waals surface area contributed by atoms with E-state index in [1.807, 2.05) is 6.07 Å². The molecule has 1 aromatic rings. The zero-order valence-electron chi connectivity index (χ0n) is 11.9. The summed E-state index contributed by atoms with van der Waals surface area (Å²) in [6, 6.07) is 2.44. The van der Waals surface area contributed by atoms with E-state index in [1.165, 1.54) is 19.3 Å². The molecule has 2 rings (SSSR count). The lowest BCUT2D eigenvalue weighted by Gasteiger charge is -2.35. The third-order valence-corrected chi connectivity index (χ3v) is 3.50. The predicted octanol–water partition coefficient (Wildman–Crippen LogP) is 2.74. The summed E-state index contributed by atoms with van der Waals surface area (Å²) < 4.78 is 0. The summed E-state index contributed by atoms with van der Waals surface area (Å²) in [4.78, 5) is 11.4. The second-order valence-electron chi connectivity index (χ2n) is 6.26. The van der Waals surface area contributed by atoms with Crippen LogP contribution in [0.5, 0.6) is 0 Å². The standard InChI is InChI=1S/C14H24N4/c1-10-7-5-6-8-18(10)12-9-11(15)16-13(17-12)14(2,3)4/h9-10H,5-8H2,1-4H3,(H2,15,16,17). The lowest BCUT2D eigenvalue weighted by Crippen LogP contribution is -2.38. The number of nitrogens with zero attached hydrogens (tertiary/aromatic N) is 3. The van der Waals surface area contributed by atoms with Gasteiger partial charge in [-0.15, -0.1) is 0 Å². The monoisotopic (exact) mass is 248 g/mol. The van der Waals surface area contributed by atoms with Gasteiger partial charge < -0.3 is 10.6 Å². The van der Waals surface area contributed by atoms with E-state index in [-0.39, 0.29) is 5.41 Å². The average molecular weight is 248 g/mol. The van der Waals surface area contributed by atoms with Crippen LogP contribution in [0.3, 0.4) is 0 Å². The number of hydrogen-bond donors (Lipinski definition) is 1. The molecule has 0 aromatic carbocycles. The molecule has 0 radical (unpaired) electrons. The van der Waals surface area contributed by atoms with E-state index in [9.17, 15) is 0 Å². The van der Waals surface area contributed by atoms with Gasteiger partial charge in [-0.25, -0.2) is 9.97 Å². The second-order valence-corrected chi connectivity index (χ2v) is 6.26. The van der Waals surface area contributed by atoms with Crippen LogP contribution in [0.1, 0.15) is 52.8 Å². The SMILES string of the molecule is CC1CCCCN1c1cc(N)nc(C(C)(C)C)n1. The van der Waals surface area contributed by atoms with E-state index in [1.54, 1.807) is 0 Å². The Hall–Kier alpha value is -1.32. The Labute approximate surface area is 110 Å². The smallest absolute Gasteiger partial charge is 0.138 e. The lowest BCUT2D eigenvalue weighted by molar-refractivity contribution is 0.476. The summed E-state index contributed by atoms with van der Waals surface area (Å²) in [5.41, 5.74) is 5.86. The van der Waals surface area contributed by atoms with Crippen LogP contribution in [0, 0.1) is 0 Å². The quantitative estimate of drug-likeness (QED) is 0.830. The maximum Gasteiger partial charge on any atom is 0.138 e. The molecule has 1 fully saturated rings. The van der Waals surface area contributed by atoms with E-state index in [0.29, 0.717) is 11.9 Å². The predicted molar refractivity (Wildman–Crippen MR) is 75.8 cm³/mol. The van der Waals surface area contributed by atoms with Crippen molar-refractivity contribution in [3.63, 3.8) is 0 Å². The zero-order chi connectivity index (χ0) is 13.3. The number of rotatable bonds is 1. The van der Waals surface area contributed by atoms with Gasteiger partial charge in [0.05, 0.1) is 0 Å². The molecule has 0 bridgehead atoms. The number of nitrogen functional groups attached to an aromatic ring is 1. The summed E-state index contributed by atoms with van der Waals surface area (Å²) in [6.07, 6.45) is 3.78. The molecule has 4 heteroatoms. The highest BCUT2D eigenvalue weighted by atomic mass is 15.2. The fourth-order valence-electron chi connectivity index (χ4n) is 2.37. The summed E-state index contributed by atoms with van der Waals surface area (Å²) in [7, 11) is 0. The van der Waals surface area contributed by atoms with Crippen LogP contribution in [-0.4, -0.2) is 22.6 Å². The fourth-order valence-corrected chi connectivity index (χ4v) is 2.37. The Balaban J connectivity index is 2.35. The van der Waals surface area contributed by atoms with E-state index in [0.717, 1.165) is 18.2 Å². The highest BCUT2D eigenvalue weighted by Gasteiger charge is 2.23. The number of aromatic nitrogens is 2. The largest absolute Gasteiger partial charge is 0.384 e. The number of hydrogen-bond acceptors (Lipinski definition) is 4. The van der Waals surface area contributed by atoms with Gasteiger partial charge in [-0.1, -0.05) is 20.8 Å². The van der Waals surface area contributed by atoms with Gasteiger partial charge in [-0.05, 0) is 26.2 Å². The molecule has 2 N–H and O–H groups in total. The van der Waals surface area contributed by atoms with Gasteiger partial charge in [0.2, 0.25) is 0 Å². The van der Waals surface area contributed by atoms with Crippen LogP contribution in [0.15, 0.2) is 6.07 Å². The Kier molecular flexibility index (Phi) is 3.46. The van der Waals surface area contributed by atoms with Crippen molar-refractivity contribution in [3.05, 3.63) is 11.9 Å². The summed E-state index contributed by atoms with van der Waals surface area (Å²) in [5, 5.41) is 0. The van der Waals surface area contributed by atoms with Crippen molar-refractivity contribution >= 4 is 11.6 Å². The molecule has 1 aromatic heterocycles. The van der Waals surface area contributed by atoms with Crippen molar-refractivity contribution in [3.8, 4) is 0 Å². The maximum atomic E-state index is 5.93. The average Bonchev–Trinajstić information content (AvgIpc) is 2.27. The number of nitrogens with two attached hydrogens (primary N) is 1. The van der Waals surface area contributed by atoms with Crippen LogP contribution in [0.2, 0.25) is 0 Å². The third-order valence-electron chi connectivity index (χ3n) is 3.50. The molecule has 1 unspecified atom stereocenters. The van der Waals surface area contributed by atoms with Crippen molar-refractivity contribution in [1.82, 2.24) is 9.97 Å². The minimum Gasteiger partial charge on any atom is -0.384 e. The molecule has 4 nitrogen and oxygen atoms in total. The first-order valence-electron chi connectivity index (χ1n) is 6.79. The van der Waals surface area contributed by atoms with Crippen molar-refractivity contribution in [2.75, 3.05) is 17.2 Å². The highest BCUT2D eigenvalue weighted by Crippen LogP contribution is 2.27. The Morgan fingerprint density at radius 2 is 2.00 bits per heavy atom. The molecular formula is C14H24N4. The van der Waals surface area contributed by atoms with Gasteiger partial charge in [-0.3, -0.25) is 0 Å². The van der Waals surface area contributed by atoms with Crippen LogP contribution in [0.4, 0.5) is 11.6 Å². The summed E-state index contributed by atoms with van der Waals surface area (Å²) >= 11 is 0. The molecule has 18 heavy (non-hydrogen) atoms. The molecule has 1 aliphatic heterocycles. The molecule has 100 valence electrons. The van der Waals surface area contributed by atoms with Crippen LogP contribution in [0.25, 0.3) is 0 Å². The molecule has 1 saturated heterocycles. The minimum atomic E-state index is -0.0663. The van der Waals surface area contributed by atoms with Crippen LogP contribution in [-0.2, 0) is 5.41 Å². The summed E-state index contributed by atoms with van der Waals surface area (Å²) in [5.74, 6) is 2.39. The van der Waals surface area contributed by atoms with Crippen molar-refractivity contribution < 1.29 is 0 Å². The van der Waals surface area contributed by atoms with Crippen molar-refractivity contribution in [2.24, 2.45) is 0 Å². The summed E-state index contributed by atoms with van der Waals surface area (Å²) in [6.45, 7) is 9.68. The van der Waals surface area contributed by atoms with Gasteiger partial charge in [0.15, 0.2) is 0 Å². The Bertz CT molecular complexity index is 422. The third kappa shape index (κ3) is 2.74. The van der Waals surface area contributed by atoms with Crippen LogP contribution >= 0.6 is 0 Å². The molecule has 1 atom stereocenters. The van der Waals surface area contributed by atoms with E-state index >= 15 is 0 Å². The Morgan fingerprint density at radius 1 is 1.28 bits per heavy atom. The van der Waals surface area contributed by atoms with Gasteiger partial charge in [-0.2, -0.15) is 0 Å². The second kappa shape index (κ2) is 4.75. The van der Waals surface area contributed by atoms with E-state index in [4.69, 9.17) is 10.7 Å². The molecule has 0 aliphatic carbocycles. The van der Waals surface area contributed by atoms with E-state index in [2.05, 4.69) is 37.6 Å². The first-order chi connectivity index (χ1) is 8.38. The first kappa shape index (κ1) is 13.1. The van der Waals surface area contributed by atoms with Crippen molar-refractivity contribution in [1.29, 1.82) is 0 Å². The van der Waals surface area contributed by atoms with Gasteiger partial charge >= 0.3 is 0 Å². The fraction of sp³-hybridized carbons (Fsp3) is 0.714. The highest BCUT2D eigenvalue weighted by molar-refractivity contribution is 5.48. The minimum absolute atomic E-state index is 0.0663. The maximum absolute atomic E-state index is 5.93. The van der Waals surface area contributed by atoms with Crippen molar-refractivity contribution in [2.45, 2.75) is 58.4 Å². The first-order valence-corrected chi connectivity index (χ1v) is 6.79. The molecule has 0 spiro atoms. The number of piperidine rings is 1. The number of anilines is 2. The lowest BCUT2D eigenvalue weighted by atomic mass is 9.95. The topological polar surface area (TPSA) is 55.0 Å². The van der Waals surface area contributed by atoms with Gasteiger partial charge in [0.1, 0.15) is 17.5 Å². The zero-order valence-corrected chi connectivity index (χ0v) is 11.9. The molecule has 1 aliphatic rings. The van der Waals surface area contributed by atoms with Crippen LogP contribution < -0.4 is 10.6 Å².